The van der Waals surface area contributed by atoms with E-state index in [0.29, 0.717) is 11.6 Å². The van der Waals surface area contributed by atoms with Crippen LogP contribution in [0.3, 0.4) is 0 Å². The quantitative estimate of drug-likeness (QED) is 0.685. The molecule has 0 bridgehead atoms. The molecule has 0 unspecified atom stereocenters. The molecule has 0 spiro atoms. The molecule has 2 rings (SSSR count). The molecule has 0 saturated heterocycles. The number of oxazole rings is 1. The van der Waals surface area contributed by atoms with Crippen LogP contribution in [0.25, 0.3) is 0 Å². The maximum atomic E-state index is 11.1. The summed E-state index contributed by atoms with van der Waals surface area (Å²) in [5.41, 5.74) is 0.260. The van der Waals surface area contributed by atoms with E-state index >= 15 is 0 Å². The number of hydrogen-bond acceptors (Lipinski definition) is 6. The average molecular weight is 300 g/mol. The lowest BCUT2D eigenvalue weighted by molar-refractivity contribution is -0.384. The van der Waals surface area contributed by atoms with Crippen LogP contribution in [0.5, 0.6) is 0 Å². The molecule has 2 aromatic rings. The van der Waals surface area contributed by atoms with E-state index in [0.717, 1.165) is 5.76 Å². The van der Waals surface area contributed by atoms with Crippen molar-refractivity contribution in [2.75, 3.05) is 5.32 Å². The molecule has 0 atom stereocenters. The molecule has 0 saturated carbocycles. The Morgan fingerprint density at radius 2 is 2.18 bits per heavy atom. The van der Waals surface area contributed by atoms with Crippen LogP contribution in [-0.4, -0.2) is 9.91 Å². The van der Waals surface area contributed by atoms with E-state index in [1.54, 1.807) is 6.20 Å². The minimum atomic E-state index is -0.528. The molecule has 22 heavy (non-hydrogen) atoms. The van der Waals surface area contributed by atoms with Gasteiger partial charge in [-0.15, -0.1) is 0 Å². The van der Waals surface area contributed by atoms with Gasteiger partial charge in [-0.25, -0.2) is 4.98 Å². The Morgan fingerprint density at radius 3 is 2.73 bits per heavy atom. The maximum Gasteiger partial charge on any atom is 0.293 e. The SMILES string of the molecule is CC(C)(C)c1cnc(CNc2ccc(C#N)cc2[N+](=O)[O-])o1. The summed E-state index contributed by atoms with van der Waals surface area (Å²) in [6, 6.07) is 6.14. The van der Waals surface area contributed by atoms with Crippen molar-refractivity contribution in [1.29, 1.82) is 5.26 Å². The monoisotopic (exact) mass is 300 g/mol. The predicted octanol–water partition coefficient (Wildman–Crippen LogP) is 3.36. The second kappa shape index (κ2) is 5.85. The van der Waals surface area contributed by atoms with Crippen LogP contribution in [0.4, 0.5) is 11.4 Å². The number of nitro benzene ring substituents is 1. The first-order valence-electron chi connectivity index (χ1n) is 6.69. The second-order valence-corrected chi connectivity index (χ2v) is 5.82. The Morgan fingerprint density at radius 1 is 1.45 bits per heavy atom. The molecule has 114 valence electrons. The average Bonchev–Trinajstić information content (AvgIpc) is 2.93. The highest BCUT2D eigenvalue weighted by Gasteiger charge is 2.20. The van der Waals surface area contributed by atoms with Gasteiger partial charge in [-0.2, -0.15) is 5.26 Å². The number of anilines is 1. The van der Waals surface area contributed by atoms with Gasteiger partial charge in [-0.1, -0.05) is 20.8 Å². The van der Waals surface area contributed by atoms with E-state index in [1.165, 1.54) is 18.2 Å². The van der Waals surface area contributed by atoms with Gasteiger partial charge in [-0.05, 0) is 12.1 Å². The fourth-order valence-electron chi connectivity index (χ4n) is 1.81. The largest absolute Gasteiger partial charge is 0.443 e. The van der Waals surface area contributed by atoms with Gasteiger partial charge in [0.15, 0.2) is 0 Å². The predicted molar refractivity (Wildman–Crippen MR) is 80.3 cm³/mol. The van der Waals surface area contributed by atoms with Gasteiger partial charge in [0.25, 0.3) is 5.69 Å². The molecule has 1 N–H and O–H groups in total. The lowest BCUT2D eigenvalue weighted by atomic mass is 9.94. The number of nitrogens with one attached hydrogen (secondary N) is 1. The Bertz CT molecular complexity index is 738. The van der Waals surface area contributed by atoms with Crippen LogP contribution in [0.2, 0.25) is 0 Å². The maximum absolute atomic E-state index is 11.1. The summed E-state index contributed by atoms with van der Waals surface area (Å²) in [4.78, 5) is 14.7. The van der Waals surface area contributed by atoms with Gasteiger partial charge in [-0.3, -0.25) is 10.1 Å². The normalized spacial score (nSPS) is 11.0. The van der Waals surface area contributed by atoms with Crippen molar-refractivity contribution >= 4 is 11.4 Å². The number of nitriles is 1. The van der Waals surface area contributed by atoms with Gasteiger partial charge >= 0.3 is 0 Å². The van der Waals surface area contributed by atoms with Crippen molar-refractivity contribution in [2.45, 2.75) is 32.7 Å². The summed E-state index contributed by atoms with van der Waals surface area (Å²) in [6.45, 7) is 6.26. The summed E-state index contributed by atoms with van der Waals surface area (Å²) in [6.07, 6.45) is 1.66. The van der Waals surface area contributed by atoms with Crippen molar-refractivity contribution in [1.82, 2.24) is 4.98 Å². The molecular weight excluding hydrogens is 284 g/mol. The highest BCUT2D eigenvalue weighted by atomic mass is 16.6. The molecule has 0 aliphatic carbocycles. The van der Waals surface area contributed by atoms with Gasteiger partial charge in [0.05, 0.1) is 29.3 Å². The number of hydrogen-bond donors (Lipinski definition) is 1. The fraction of sp³-hybridized carbons (Fsp3) is 0.333. The summed E-state index contributed by atoms with van der Waals surface area (Å²) in [5.74, 6) is 1.20. The minimum Gasteiger partial charge on any atom is -0.443 e. The van der Waals surface area contributed by atoms with Gasteiger partial charge in [0, 0.05) is 11.5 Å². The third kappa shape index (κ3) is 3.41. The Kier molecular flexibility index (Phi) is 4.13. The lowest BCUT2D eigenvalue weighted by Crippen LogP contribution is -2.09. The summed E-state index contributed by atoms with van der Waals surface area (Å²) >= 11 is 0. The van der Waals surface area contributed by atoms with Crippen molar-refractivity contribution in [3.05, 3.63) is 51.7 Å². The van der Waals surface area contributed by atoms with E-state index in [9.17, 15) is 10.1 Å². The van der Waals surface area contributed by atoms with Crippen molar-refractivity contribution < 1.29 is 9.34 Å². The van der Waals surface area contributed by atoms with Gasteiger partial charge < -0.3 is 9.73 Å². The third-order valence-electron chi connectivity index (χ3n) is 3.05. The Balaban J connectivity index is 2.17. The van der Waals surface area contributed by atoms with E-state index in [2.05, 4.69) is 10.3 Å². The summed E-state index contributed by atoms with van der Waals surface area (Å²) in [7, 11) is 0. The number of nitrogens with zero attached hydrogens (tertiary/aromatic N) is 3. The molecule has 0 radical (unpaired) electrons. The van der Waals surface area contributed by atoms with Crippen LogP contribution in [0.15, 0.2) is 28.8 Å². The molecule has 1 aromatic heterocycles. The zero-order chi connectivity index (χ0) is 16.3. The zero-order valence-electron chi connectivity index (χ0n) is 12.6. The van der Waals surface area contributed by atoms with E-state index in [4.69, 9.17) is 9.68 Å². The zero-order valence-corrected chi connectivity index (χ0v) is 12.6. The molecule has 0 amide bonds. The highest BCUT2D eigenvalue weighted by Crippen LogP contribution is 2.27. The molecule has 1 aromatic carbocycles. The number of rotatable bonds is 4. The smallest absolute Gasteiger partial charge is 0.293 e. The van der Waals surface area contributed by atoms with Crippen molar-refractivity contribution in [2.24, 2.45) is 0 Å². The van der Waals surface area contributed by atoms with E-state index in [1.807, 2.05) is 26.8 Å². The Hall–Kier alpha value is -2.88. The number of nitro groups is 1. The lowest BCUT2D eigenvalue weighted by Gasteiger charge is -2.13. The molecule has 7 heteroatoms. The molecule has 1 heterocycles. The molecular formula is C15H16N4O3. The van der Waals surface area contributed by atoms with Crippen molar-refractivity contribution in [3.8, 4) is 6.07 Å². The summed E-state index contributed by atoms with van der Waals surface area (Å²) < 4.78 is 5.62. The first-order chi connectivity index (χ1) is 10.3. The van der Waals surface area contributed by atoms with Gasteiger partial charge in [0.2, 0.25) is 5.89 Å². The third-order valence-corrected chi connectivity index (χ3v) is 3.05. The molecule has 0 aliphatic rings. The van der Waals surface area contributed by atoms with E-state index < -0.39 is 4.92 Å². The molecule has 0 fully saturated rings. The minimum absolute atomic E-state index is 0.147. The standard InChI is InChI=1S/C15H16N4O3/c1-15(2,3)13-8-18-14(22-13)9-17-11-5-4-10(7-16)6-12(11)19(20)21/h4-6,8,17H,9H2,1-3H3. The highest BCUT2D eigenvalue weighted by molar-refractivity contribution is 5.63. The Labute approximate surface area is 127 Å². The second-order valence-electron chi connectivity index (χ2n) is 5.82. The number of aromatic nitrogens is 1. The van der Waals surface area contributed by atoms with Crippen LogP contribution in [-0.2, 0) is 12.0 Å². The topological polar surface area (TPSA) is 105 Å². The van der Waals surface area contributed by atoms with Crippen LogP contribution in [0.1, 0.15) is 38.0 Å². The fourth-order valence-corrected chi connectivity index (χ4v) is 1.81. The molecule has 7 nitrogen and oxygen atoms in total. The first kappa shape index (κ1) is 15.5. The van der Waals surface area contributed by atoms with Crippen molar-refractivity contribution in [3.63, 3.8) is 0 Å². The van der Waals surface area contributed by atoms with Crippen LogP contribution < -0.4 is 5.32 Å². The first-order valence-corrected chi connectivity index (χ1v) is 6.69. The van der Waals surface area contributed by atoms with Gasteiger partial charge in [0.1, 0.15) is 11.4 Å². The van der Waals surface area contributed by atoms with Crippen LogP contribution in [0, 0.1) is 21.4 Å². The van der Waals surface area contributed by atoms with E-state index in [-0.39, 0.29) is 23.2 Å². The molecule has 0 aliphatic heterocycles. The van der Waals surface area contributed by atoms with Crippen LogP contribution >= 0.6 is 0 Å². The number of benzene rings is 1. The summed E-state index contributed by atoms with van der Waals surface area (Å²) in [5, 5.41) is 22.8.